The van der Waals surface area contributed by atoms with Gasteiger partial charge in [-0.05, 0) is 29.8 Å². The van der Waals surface area contributed by atoms with E-state index in [4.69, 9.17) is 0 Å². The topological polar surface area (TPSA) is 43.1 Å². The Morgan fingerprint density at radius 2 is 1.79 bits per heavy atom. The van der Waals surface area contributed by atoms with E-state index >= 15 is 0 Å². The molecule has 0 aliphatic carbocycles. The van der Waals surface area contributed by atoms with E-state index in [9.17, 15) is 4.39 Å². The Labute approximate surface area is 142 Å². The fourth-order valence-electron chi connectivity index (χ4n) is 2.40. The van der Waals surface area contributed by atoms with Crippen molar-refractivity contribution in [1.29, 1.82) is 0 Å². The predicted octanol–water partition coefficient (Wildman–Crippen LogP) is 4.22. The summed E-state index contributed by atoms with van der Waals surface area (Å²) in [7, 11) is 0. The third kappa shape index (κ3) is 3.00. The summed E-state index contributed by atoms with van der Waals surface area (Å²) in [6, 6.07) is 20.3. The van der Waals surface area contributed by atoms with E-state index in [1.54, 1.807) is 10.6 Å². The van der Waals surface area contributed by atoms with Crippen molar-refractivity contribution in [2.45, 2.75) is 10.9 Å². The summed E-state index contributed by atoms with van der Waals surface area (Å²) in [6.45, 7) is 0. The van der Waals surface area contributed by atoms with Gasteiger partial charge in [0.15, 0.2) is 5.65 Å². The molecule has 0 N–H and O–H groups in total. The number of halogens is 1. The van der Waals surface area contributed by atoms with E-state index in [-0.39, 0.29) is 5.82 Å². The van der Waals surface area contributed by atoms with Gasteiger partial charge in [-0.15, -0.1) is 10.2 Å². The normalized spacial score (nSPS) is 11.0. The molecule has 2 aromatic carbocycles. The Bertz CT molecular complexity index is 985. The second kappa shape index (κ2) is 6.41. The van der Waals surface area contributed by atoms with Crippen LogP contribution in [0.3, 0.4) is 0 Å². The summed E-state index contributed by atoms with van der Waals surface area (Å²) in [5.74, 6) is 0.374. The summed E-state index contributed by atoms with van der Waals surface area (Å²) in [4.78, 5) is 0. The number of hydrogen-bond acceptors (Lipinski definition) is 4. The summed E-state index contributed by atoms with van der Waals surface area (Å²) < 4.78 is 15.0. The van der Waals surface area contributed by atoms with Gasteiger partial charge in [0.05, 0.1) is 5.69 Å². The van der Waals surface area contributed by atoms with E-state index in [0.29, 0.717) is 16.6 Å². The van der Waals surface area contributed by atoms with Crippen molar-refractivity contribution < 1.29 is 4.39 Å². The van der Waals surface area contributed by atoms with Gasteiger partial charge in [0.2, 0.25) is 5.16 Å². The molecule has 0 radical (unpaired) electrons. The third-order valence-corrected chi connectivity index (χ3v) is 4.55. The standard InChI is InChI=1S/C18H13FN4S/c19-15-8-4-5-13(11-15)12-24-18-21-20-17-10-9-16(22-23(17)18)14-6-2-1-3-7-14/h1-11H,12H2. The summed E-state index contributed by atoms with van der Waals surface area (Å²) in [5.41, 5.74) is 3.48. The average Bonchev–Trinajstić information content (AvgIpc) is 3.03. The Kier molecular flexibility index (Phi) is 3.96. The first-order valence-corrected chi connectivity index (χ1v) is 8.43. The molecule has 4 nitrogen and oxygen atoms in total. The molecular weight excluding hydrogens is 323 g/mol. The molecule has 0 saturated heterocycles. The molecule has 0 atom stereocenters. The molecular formula is C18H13FN4S. The van der Waals surface area contributed by atoms with Crippen LogP contribution in [0.4, 0.5) is 4.39 Å². The fourth-order valence-corrected chi connectivity index (χ4v) is 3.23. The molecule has 4 rings (SSSR count). The van der Waals surface area contributed by atoms with Crippen molar-refractivity contribution in [3.8, 4) is 11.3 Å². The summed E-state index contributed by atoms with van der Waals surface area (Å²) in [6.07, 6.45) is 0. The lowest BCUT2D eigenvalue weighted by molar-refractivity contribution is 0.626. The predicted molar refractivity (Wildman–Crippen MR) is 92.2 cm³/mol. The van der Waals surface area contributed by atoms with Gasteiger partial charge in [-0.1, -0.05) is 54.2 Å². The van der Waals surface area contributed by atoms with Crippen molar-refractivity contribution in [2.24, 2.45) is 0 Å². The van der Waals surface area contributed by atoms with Gasteiger partial charge in [0, 0.05) is 11.3 Å². The lowest BCUT2D eigenvalue weighted by Crippen LogP contribution is -1.96. The number of hydrogen-bond donors (Lipinski definition) is 0. The number of benzene rings is 2. The molecule has 0 amide bonds. The first-order chi connectivity index (χ1) is 11.8. The van der Waals surface area contributed by atoms with Crippen LogP contribution in [0.15, 0.2) is 71.9 Å². The van der Waals surface area contributed by atoms with Gasteiger partial charge in [0.1, 0.15) is 5.82 Å². The molecule has 2 aromatic heterocycles. The van der Waals surface area contributed by atoms with Crippen molar-refractivity contribution in [3.63, 3.8) is 0 Å². The van der Waals surface area contributed by atoms with E-state index in [0.717, 1.165) is 16.8 Å². The highest BCUT2D eigenvalue weighted by Gasteiger charge is 2.09. The molecule has 0 bridgehead atoms. The number of rotatable bonds is 4. The van der Waals surface area contributed by atoms with Gasteiger partial charge in [0.25, 0.3) is 0 Å². The number of thioether (sulfide) groups is 1. The Morgan fingerprint density at radius 1 is 0.917 bits per heavy atom. The summed E-state index contributed by atoms with van der Waals surface area (Å²) in [5, 5.41) is 13.6. The van der Waals surface area contributed by atoms with Gasteiger partial charge >= 0.3 is 0 Å². The smallest absolute Gasteiger partial charge is 0.207 e. The van der Waals surface area contributed by atoms with Crippen molar-refractivity contribution in [1.82, 2.24) is 19.8 Å². The van der Waals surface area contributed by atoms with E-state index in [2.05, 4.69) is 15.3 Å². The first kappa shape index (κ1) is 14.8. The van der Waals surface area contributed by atoms with Crippen LogP contribution in [0.5, 0.6) is 0 Å². The minimum atomic E-state index is -0.233. The monoisotopic (exact) mass is 336 g/mol. The highest BCUT2D eigenvalue weighted by molar-refractivity contribution is 7.98. The van der Waals surface area contributed by atoms with E-state index < -0.39 is 0 Å². The maximum atomic E-state index is 13.3. The van der Waals surface area contributed by atoms with Crippen molar-refractivity contribution in [2.75, 3.05) is 0 Å². The van der Waals surface area contributed by atoms with Crippen LogP contribution in [0.1, 0.15) is 5.56 Å². The second-order valence-electron chi connectivity index (χ2n) is 5.26. The second-order valence-corrected chi connectivity index (χ2v) is 6.20. The molecule has 2 heterocycles. The fraction of sp³-hybridized carbons (Fsp3) is 0.0556. The van der Waals surface area contributed by atoms with Crippen LogP contribution in [0.25, 0.3) is 16.9 Å². The van der Waals surface area contributed by atoms with Crippen LogP contribution in [-0.2, 0) is 5.75 Å². The van der Waals surface area contributed by atoms with Crippen LogP contribution in [0.2, 0.25) is 0 Å². The van der Waals surface area contributed by atoms with Crippen LogP contribution in [-0.4, -0.2) is 19.8 Å². The minimum absolute atomic E-state index is 0.233. The zero-order chi connectivity index (χ0) is 16.4. The van der Waals surface area contributed by atoms with E-state index in [1.807, 2.05) is 48.5 Å². The van der Waals surface area contributed by atoms with Gasteiger partial charge < -0.3 is 0 Å². The van der Waals surface area contributed by atoms with Gasteiger partial charge in [-0.25, -0.2) is 4.39 Å². The zero-order valence-electron chi connectivity index (χ0n) is 12.6. The van der Waals surface area contributed by atoms with Crippen LogP contribution in [0, 0.1) is 5.82 Å². The van der Waals surface area contributed by atoms with Gasteiger partial charge in [-0.3, -0.25) is 0 Å². The maximum Gasteiger partial charge on any atom is 0.212 e. The molecule has 6 heteroatoms. The summed E-state index contributed by atoms with van der Waals surface area (Å²) >= 11 is 1.48. The minimum Gasteiger partial charge on any atom is -0.207 e. The quantitative estimate of drug-likeness (QED) is 0.523. The molecule has 118 valence electrons. The highest BCUT2D eigenvalue weighted by atomic mass is 32.2. The van der Waals surface area contributed by atoms with Gasteiger partial charge in [-0.2, -0.15) is 9.61 Å². The maximum absolute atomic E-state index is 13.3. The molecule has 0 fully saturated rings. The largest absolute Gasteiger partial charge is 0.212 e. The number of nitrogens with zero attached hydrogens (tertiary/aromatic N) is 4. The van der Waals surface area contributed by atoms with Crippen LogP contribution < -0.4 is 0 Å². The first-order valence-electron chi connectivity index (χ1n) is 7.45. The van der Waals surface area contributed by atoms with E-state index in [1.165, 1.54) is 23.9 Å². The molecule has 0 saturated carbocycles. The Balaban J connectivity index is 1.64. The van der Waals surface area contributed by atoms with Crippen molar-refractivity contribution >= 4 is 17.4 Å². The highest BCUT2D eigenvalue weighted by Crippen LogP contribution is 2.23. The molecule has 0 unspecified atom stereocenters. The number of aromatic nitrogens is 4. The molecule has 0 spiro atoms. The third-order valence-electron chi connectivity index (χ3n) is 3.56. The van der Waals surface area contributed by atoms with Crippen LogP contribution >= 0.6 is 11.8 Å². The Morgan fingerprint density at radius 3 is 2.62 bits per heavy atom. The average molecular weight is 336 g/mol. The molecule has 4 aromatic rings. The zero-order valence-corrected chi connectivity index (χ0v) is 13.4. The lowest BCUT2D eigenvalue weighted by Gasteiger charge is -2.03. The molecule has 0 aliphatic heterocycles. The van der Waals surface area contributed by atoms with Crippen molar-refractivity contribution in [3.05, 3.63) is 78.1 Å². The lowest BCUT2D eigenvalue weighted by atomic mass is 10.1. The molecule has 24 heavy (non-hydrogen) atoms. The number of fused-ring (bicyclic) bond motifs is 1. The Hall–Kier alpha value is -2.73. The SMILES string of the molecule is Fc1cccc(CSc2nnc3ccc(-c4ccccc4)nn23)c1. The molecule has 0 aliphatic rings.